The van der Waals surface area contributed by atoms with E-state index in [1.807, 2.05) is 0 Å². The molecule has 164 valence electrons. The molecule has 0 aliphatic heterocycles. The summed E-state index contributed by atoms with van der Waals surface area (Å²) in [5.74, 6) is 2.66. The van der Waals surface area contributed by atoms with Gasteiger partial charge in [0.15, 0.2) is 0 Å². The lowest BCUT2D eigenvalue weighted by atomic mass is 9.45. The number of ether oxygens (including phenoxy) is 1. The highest BCUT2D eigenvalue weighted by atomic mass is 16.5. The minimum atomic E-state index is -0.135. The van der Waals surface area contributed by atoms with Gasteiger partial charge in [0.25, 0.3) is 0 Å². The summed E-state index contributed by atoms with van der Waals surface area (Å²) in [5.41, 5.74) is 4.15. The fourth-order valence-electron chi connectivity index (χ4n) is 8.54. The van der Waals surface area contributed by atoms with Crippen molar-refractivity contribution in [1.29, 1.82) is 0 Å². The maximum absolute atomic E-state index is 12.2. The Morgan fingerprint density at radius 3 is 2.53 bits per heavy atom. The van der Waals surface area contributed by atoms with Gasteiger partial charge in [0.1, 0.15) is 6.10 Å². The Kier molecular flexibility index (Phi) is 4.51. The minimum absolute atomic E-state index is 0.0395. The van der Waals surface area contributed by atoms with Gasteiger partial charge in [-0.3, -0.25) is 9.59 Å². The van der Waals surface area contributed by atoms with Crippen LogP contribution in [0.2, 0.25) is 0 Å². The lowest BCUT2D eigenvalue weighted by Crippen LogP contribution is -2.54. The maximum Gasteiger partial charge on any atom is 0.302 e. The van der Waals surface area contributed by atoms with Crippen molar-refractivity contribution in [1.82, 2.24) is 9.78 Å². The van der Waals surface area contributed by atoms with Gasteiger partial charge >= 0.3 is 5.97 Å². The smallest absolute Gasteiger partial charge is 0.302 e. The van der Waals surface area contributed by atoms with E-state index in [1.54, 1.807) is 11.6 Å². The van der Waals surface area contributed by atoms with E-state index in [1.165, 1.54) is 50.3 Å². The van der Waals surface area contributed by atoms with Crippen LogP contribution < -0.4 is 0 Å². The summed E-state index contributed by atoms with van der Waals surface area (Å²) in [5, 5.41) is 4.61. The van der Waals surface area contributed by atoms with Crippen LogP contribution in [0.1, 0.15) is 94.4 Å². The van der Waals surface area contributed by atoms with Crippen molar-refractivity contribution in [3.63, 3.8) is 0 Å². The molecular formula is C25H36N2O3. The number of hydrogen-bond donors (Lipinski definition) is 0. The second-order valence-electron chi connectivity index (χ2n) is 11.2. The number of carbonyl (C=O) groups excluding carboxylic acids is 2. The van der Waals surface area contributed by atoms with E-state index in [9.17, 15) is 9.59 Å². The third kappa shape index (κ3) is 2.69. The topological polar surface area (TPSA) is 61.2 Å². The van der Waals surface area contributed by atoms with Crippen LogP contribution in [0.3, 0.4) is 0 Å². The van der Waals surface area contributed by atoms with Crippen LogP contribution in [0.5, 0.6) is 0 Å². The number of fused-ring (bicyclic) bond motifs is 7. The van der Waals surface area contributed by atoms with Gasteiger partial charge in [-0.1, -0.05) is 13.8 Å². The Bertz CT molecular complexity index is 904. The third-order valence-corrected chi connectivity index (χ3v) is 9.78. The molecule has 3 fully saturated rings. The largest absolute Gasteiger partial charge is 0.463 e. The van der Waals surface area contributed by atoms with Gasteiger partial charge < -0.3 is 4.74 Å². The van der Waals surface area contributed by atoms with Crippen molar-refractivity contribution in [2.45, 2.75) is 97.5 Å². The van der Waals surface area contributed by atoms with Crippen LogP contribution in [0.25, 0.3) is 0 Å². The molecule has 0 unspecified atom stereocenters. The first kappa shape index (κ1) is 20.3. The molecule has 0 saturated heterocycles. The highest BCUT2D eigenvalue weighted by molar-refractivity contribution is 5.77. The first-order chi connectivity index (χ1) is 14.1. The summed E-state index contributed by atoms with van der Waals surface area (Å²) in [7, 11) is 0. The molecule has 0 aromatic carbocycles. The van der Waals surface area contributed by atoms with Crippen molar-refractivity contribution < 1.29 is 14.3 Å². The van der Waals surface area contributed by atoms with Crippen molar-refractivity contribution in [3.05, 3.63) is 17.0 Å². The van der Waals surface area contributed by atoms with Gasteiger partial charge in [-0.2, -0.15) is 5.10 Å². The Labute approximate surface area is 179 Å². The number of nitrogens with zero attached hydrogens (tertiary/aromatic N) is 2. The first-order valence-electron chi connectivity index (χ1n) is 11.9. The molecule has 3 saturated carbocycles. The van der Waals surface area contributed by atoms with Crippen molar-refractivity contribution >= 4 is 11.9 Å². The number of aryl methyl sites for hydroxylation is 1. The molecule has 4 aliphatic carbocycles. The molecule has 7 atom stereocenters. The van der Waals surface area contributed by atoms with Crippen LogP contribution in [-0.2, 0) is 21.4 Å². The van der Waals surface area contributed by atoms with E-state index >= 15 is 0 Å². The van der Waals surface area contributed by atoms with Crippen molar-refractivity contribution in [2.24, 2.45) is 29.1 Å². The molecule has 0 bridgehead atoms. The standard InChI is InChI=1S/C25H36N2O3/c1-14-23-22(27(26-14)15(2)28)13-21-19-7-6-17-12-18(30-16(3)29)8-10-24(17,4)20(19)9-11-25(21,23)5/h17-21H,6-13H2,1-5H3/t17-,18-,19-,20-,21-,24-,25-/m0/s1. The monoisotopic (exact) mass is 412 g/mol. The van der Waals surface area contributed by atoms with E-state index < -0.39 is 0 Å². The van der Waals surface area contributed by atoms with Gasteiger partial charge in [-0.05, 0) is 92.8 Å². The molecule has 0 radical (unpaired) electrons. The van der Waals surface area contributed by atoms with Gasteiger partial charge in [-0.15, -0.1) is 0 Å². The summed E-state index contributed by atoms with van der Waals surface area (Å²) in [6, 6.07) is 0. The van der Waals surface area contributed by atoms with Crippen LogP contribution >= 0.6 is 0 Å². The fourth-order valence-corrected chi connectivity index (χ4v) is 8.54. The van der Waals surface area contributed by atoms with Gasteiger partial charge in [-0.25, -0.2) is 4.68 Å². The predicted octanol–water partition coefficient (Wildman–Crippen LogP) is 4.84. The number of carbonyl (C=O) groups is 2. The van der Waals surface area contributed by atoms with Crippen LogP contribution in [0.4, 0.5) is 0 Å². The third-order valence-electron chi connectivity index (χ3n) is 9.78. The molecule has 4 aliphatic rings. The number of esters is 1. The van der Waals surface area contributed by atoms with E-state index in [0.29, 0.717) is 17.3 Å². The van der Waals surface area contributed by atoms with Gasteiger partial charge in [0.2, 0.25) is 5.91 Å². The molecule has 1 aromatic rings. The summed E-state index contributed by atoms with van der Waals surface area (Å²) in [6.07, 6.45) is 9.34. The quantitative estimate of drug-likeness (QED) is 0.619. The molecule has 0 spiro atoms. The van der Waals surface area contributed by atoms with Crippen LogP contribution in [0.15, 0.2) is 0 Å². The summed E-state index contributed by atoms with van der Waals surface area (Å²) in [4.78, 5) is 23.7. The summed E-state index contributed by atoms with van der Waals surface area (Å²) in [6.45, 7) is 10.2. The number of aromatic nitrogens is 2. The highest BCUT2D eigenvalue weighted by Crippen LogP contribution is 2.66. The lowest BCUT2D eigenvalue weighted by molar-refractivity contribution is -0.157. The van der Waals surface area contributed by atoms with E-state index in [0.717, 1.165) is 36.8 Å². The zero-order valence-corrected chi connectivity index (χ0v) is 19.2. The van der Waals surface area contributed by atoms with Gasteiger partial charge in [0.05, 0.1) is 11.4 Å². The normalized spacial score (nSPS) is 42.0. The van der Waals surface area contributed by atoms with Crippen LogP contribution in [-0.4, -0.2) is 27.8 Å². The molecule has 1 heterocycles. The zero-order valence-electron chi connectivity index (χ0n) is 19.2. The molecule has 5 rings (SSSR count). The minimum Gasteiger partial charge on any atom is -0.463 e. The maximum atomic E-state index is 12.2. The Balaban J connectivity index is 1.43. The molecule has 0 amide bonds. The van der Waals surface area contributed by atoms with E-state index in [2.05, 4.69) is 25.9 Å². The SMILES string of the molecule is CC(=O)O[C@H]1CC[C@@]2(C)[C@@H](CC[C@H]3[C@@H]2CC[C@]2(C)c4c(C)nn(C(C)=O)c4C[C@@H]32)C1. The molecule has 30 heavy (non-hydrogen) atoms. The number of hydrogen-bond acceptors (Lipinski definition) is 4. The molecule has 1 aromatic heterocycles. The molecule has 5 heteroatoms. The summed E-state index contributed by atoms with van der Waals surface area (Å²) < 4.78 is 7.30. The first-order valence-corrected chi connectivity index (χ1v) is 11.9. The average Bonchev–Trinajstić information content (AvgIpc) is 3.16. The number of rotatable bonds is 1. The summed E-state index contributed by atoms with van der Waals surface area (Å²) >= 11 is 0. The Morgan fingerprint density at radius 1 is 1.07 bits per heavy atom. The predicted molar refractivity (Wildman–Crippen MR) is 114 cm³/mol. The van der Waals surface area contributed by atoms with Crippen LogP contribution in [0, 0.1) is 36.0 Å². The second-order valence-corrected chi connectivity index (χ2v) is 11.2. The molecular weight excluding hydrogens is 376 g/mol. The fraction of sp³-hybridized carbons (Fsp3) is 0.800. The highest BCUT2D eigenvalue weighted by Gasteiger charge is 2.60. The Hall–Kier alpha value is -1.65. The van der Waals surface area contributed by atoms with Gasteiger partial charge in [0, 0.05) is 19.4 Å². The van der Waals surface area contributed by atoms with E-state index in [-0.39, 0.29) is 23.4 Å². The van der Waals surface area contributed by atoms with Crippen molar-refractivity contribution in [3.8, 4) is 0 Å². The van der Waals surface area contributed by atoms with Crippen molar-refractivity contribution in [2.75, 3.05) is 0 Å². The lowest BCUT2D eigenvalue weighted by Gasteiger charge is -2.60. The van der Waals surface area contributed by atoms with E-state index in [4.69, 9.17) is 4.74 Å². The zero-order chi connectivity index (χ0) is 21.4. The molecule has 5 nitrogen and oxygen atoms in total. The second kappa shape index (κ2) is 6.67. The Morgan fingerprint density at radius 2 is 1.83 bits per heavy atom. The average molecular weight is 413 g/mol. The molecule has 0 N–H and O–H groups in total.